The number of hydrogen-bond acceptors (Lipinski definition) is 6. The summed E-state index contributed by atoms with van der Waals surface area (Å²) in [6.45, 7) is 14.2. The van der Waals surface area contributed by atoms with E-state index in [1.54, 1.807) is 14.2 Å². The molecule has 0 saturated carbocycles. The van der Waals surface area contributed by atoms with Gasteiger partial charge in [0.05, 0.1) is 46.1 Å². The van der Waals surface area contributed by atoms with E-state index in [1.165, 1.54) is 27.9 Å². The highest BCUT2D eigenvalue weighted by Crippen LogP contribution is 2.42. The lowest BCUT2D eigenvalue weighted by Gasteiger charge is -2.42. The van der Waals surface area contributed by atoms with Crippen LogP contribution in [-0.2, 0) is 22.6 Å². The van der Waals surface area contributed by atoms with Gasteiger partial charge in [0.2, 0.25) is 0 Å². The molecule has 57 heavy (non-hydrogen) atoms. The Kier molecular flexibility index (Phi) is 14.6. The maximum Gasteiger partial charge on any atom is 0.161 e. The average Bonchev–Trinajstić information content (AvgIpc) is 3.20. The molecule has 0 amide bonds. The number of methoxy groups -OCH3 is 2. The monoisotopic (exact) mass is 777 g/mol. The number of hydrogen-bond donors (Lipinski definition) is 1. The Morgan fingerprint density at radius 2 is 1.21 bits per heavy atom. The van der Waals surface area contributed by atoms with Gasteiger partial charge in [-0.15, -0.1) is 5.01 Å². The van der Waals surface area contributed by atoms with Gasteiger partial charge >= 0.3 is 0 Å². The number of benzene rings is 4. The van der Waals surface area contributed by atoms with E-state index in [0.717, 1.165) is 89.4 Å². The zero-order valence-corrected chi connectivity index (χ0v) is 36.1. The number of nitrogens with zero attached hydrogens (tertiary/aromatic N) is 2. The Morgan fingerprint density at radius 3 is 1.74 bits per heavy atom. The molecule has 2 saturated heterocycles. The zero-order valence-electron chi connectivity index (χ0n) is 36.1. The van der Waals surface area contributed by atoms with Crippen LogP contribution in [0.15, 0.2) is 103 Å². The van der Waals surface area contributed by atoms with Crippen molar-refractivity contribution in [1.29, 1.82) is 0 Å². The van der Waals surface area contributed by atoms with Gasteiger partial charge in [0.1, 0.15) is 0 Å². The third-order valence-corrected chi connectivity index (χ3v) is 12.8. The van der Waals surface area contributed by atoms with Crippen LogP contribution in [0.5, 0.6) is 11.5 Å². The van der Waals surface area contributed by atoms with E-state index in [-0.39, 0.29) is 11.2 Å². The lowest BCUT2D eigenvalue weighted by Crippen LogP contribution is -2.56. The summed E-state index contributed by atoms with van der Waals surface area (Å²) in [4.78, 5) is 0. The first-order valence-corrected chi connectivity index (χ1v) is 21.4. The number of rotatable bonds is 18. The fourth-order valence-electron chi connectivity index (χ4n) is 9.61. The van der Waals surface area contributed by atoms with Crippen molar-refractivity contribution in [2.24, 2.45) is 11.8 Å². The van der Waals surface area contributed by atoms with E-state index < -0.39 is 0 Å². The number of quaternary nitrogens is 1. The lowest BCUT2D eigenvalue weighted by atomic mass is 9.75. The molecule has 0 aliphatic carbocycles. The quantitative estimate of drug-likeness (QED) is 0.0617. The SMILES string of the molecule is COc1ccc(CN(CCC(c2ccccc2)C2CCOC(C)(C)C2)[N+](C)(C)c2ccc(CNCCC(c3ccccc3)C3CCOC(C)(C)C3)cc2)cc1OC. The summed E-state index contributed by atoms with van der Waals surface area (Å²) < 4.78 is 24.3. The second-order valence-electron chi connectivity index (χ2n) is 18.1. The molecule has 0 spiro atoms. The fourth-order valence-corrected chi connectivity index (χ4v) is 9.61. The Bertz CT molecular complexity index is 1810. The van der Waals surface area contributed by atoms with Crippen molar-refractivity contribution in [1.82, 2.24) is 14.9 Å². The Morgan fingerprint density at radius 1 is 0.684 bits per heavy atom. The molecule has 1 N–H and O–H groups in total. The van der Waals surface area contributed by atoms with Crippen LogP contribution in [0.4, 0.5) is 5.69 Å². The minimum absolute atomic E-state index is 0.0554. The largest absolute Gasteiger partial charge is 0.493 e. The van der Waals surface area contributed by atoms with Crippen molar-refractivity contribution < 1.29 is 18.9 Å². The molecular formula is C50H70N3O4+. The molecule has 308 valence electrons. The molecule has 2 heterocycles. The number of nitrogens with one attached hydrogen (secondary N) is 1. The smallest absolute Gasteiger partial charge is 0.161 e. The van der Waals surface area contributed by atoms with Gasteiger partial charge < -0.3 is 24.3 Å². The van der Waals surface area contributed by atoms with Crippen molar-refractivity contribution in [2.75, 3.05) is 54.6 Å². The second-order valence-corrected chi connectivity index (χ2v) is 18.1. The van der Waals surface area contributed by atoms with E-state index in [4.69, 9.17) is 18.9 Å². The van der Waals surface area contributed by atoms with Crippen LogP contribution in [0.3, 0.4) is 0 Å². The van der Waals surface area contributed by atoms with E-state index in [1.807, 2.05) is 6.07 Å². The van der Waals surface area contributed by atoms with Gasteiger partial charge in [0.25, 0.3) is 0 Å². The maximum absolute atomic E-state index is 6.20. The van der Waals surface area contributed by atoms with Gasteiger partial charge in [-0.3, -0.25) is 0 Å². The van der Waals surface area contributed by atoms with Crippen LogP contribution in [0.25, 0.3) is 0 Å². The summed E-state index contributed by atoms with van der Waals surface area (Å²) in [6, 6.07) is 37.9. The molecule has 0 radical (unpaired) electrons. The summed E-state index contributed by atoms with van der Waals surface area (Å²) in [6.07, 6.45) is 6.56. The molecule has 2 fully saturated rings. The van der Waals surface area contributed by atoms with E-state index in [2.05, 4.69) is 149 Å². The van der Waals surface area contributed by atoms with Gasteiger partial charge in [0, 0.05) is 38.4 Å². The van der Waals surface area contributed by atoms with Crippen LogP contribution >= 0.6 is 0 Å². The Labute approximate surface area is 344 Å². The minimum atomic E-state index is -0.104. The molecule has 7 heteroatoms. The summed E-state index contributed by atoms with van der Waals surface area (Å²) in [7, 11) is 8.05. The Balaban J connectivity index is 1.17. The molecule has 2 aliphatic rings. The minimum Gasteiger partial charge on any atom is -0.493 e. The molecule has 4 unspecified atom stereocenters. The molecule has 4 aromatic rings. The summed E-state index contributed by atoms with van der Waals surface area (Å²) in [5.41, 5.74) is 6.48. The van der Waals surface area contributed by atoms with Crippen LogP contribution < -0.4 is 19.4 Å². The van der Waals surface area contributed by atoms with Crippen molar-refractivity contribution in [3.63, 3.8) is 0 Å². The molecule has 0 aromatic heterocycles. The van der Waals surface area contributed by atoms with Gasteiger partial charge in [0.15, 0.2) is 17.2 Å². The first kappa shape index (κ1) is 42.9. The van der Waals surface area contributed by atoms with E-state index >= 15 is 0 Å². The molecule has 4 aromatic carbocycles. The molecular weight excluding hydrogens is 707 g/mol. The van der Waals surface area contributed by atoms with Gasteiger partial charge in [-0.1, -0.05) is 78.9 Å². The lowest BCUT2D eigenvalue weighted by molar-refractivity contribution is -0.0786. The zero-order chi connectivity index (χ0) is 40.5. The summed E-state index contributed by atoms with van der Waals surface area (Å²) in [5.74, 6) is 3.67. The van der Waals surface area contributed by atoms with Crippen molar-refractivity contribution in [3.8, 4) is 11.5 Å². The van der Waals surface area contributed by atoms with Crippen LogP contribution in [0.1, 0.15) is 100 Å². The van der Waals surface area contributed by atoms with E-state index in [0.29, 0.717) is 28.3 Å². The summed E-state index contributed by atoms with van der Waals surface area (Å²) in [5, 5.41) is 6.41. The number of ether oxygens (including phenoxy) is 4. The maximum atomic E-state index is 6.20. The molecule has 0 bridgehead atoms. The second kappa shape index (κ2) is 19.4. The van der Waals surface area contributed by atoms with Crippen LogP contribution in [-0.4, -0.2) is 70.8 Å². The fraction of sp³-hybridized carbons (Fsp3) is 0.520. The summed E-state index contributed by atoms with van der Waals surface area (Å²) >= 11 is 0. The topological polar surface area (TPSA) is 52.2 Å². The van der Waals surface area contributed by atoms with E-state index in [9.17, 15) is 0 Å². The predicted molar refractivity (Wildman–Crippen MR) is 235 cm³/mol. The molecule has 6 rings (SSSR count). The third-order valence-electron chi connectivity index (χ3n) is 12.8. The highest BCUT2D eigenvalue weighted by molar-refractivity contribution is 5.44. The van der Waals surface area contributed by atoms with Gasteiger partial charge in [-0.2, -0.15) is 0 Å². The highest BCUT2D eigenvalue weighted by Gasteiger charge is 2.37. The Hall–Kier alpha value is -3.72. The average molecular weight is 777 g/mol. The first-order valence-electron chi connectivity index (χ1n) is 21.4. The van der Waals surface area contributed by atoms with Crippen molar-refractivity contribution in [3.05, 3.63) is 125 Å². The third kappa shape index (κ3) is 11.5. The molecule has 4 atom stereocenters. The van der Waals surface area contributed by atoms with Crippen LogP contribution in [0.2, 0.25) is 0 Å². The standard InChI is InChI=1S/C50H70N3O4/c1-49(2)34-42(27-31-56-49)45(40-15-11-9-12-16-40)25-29-51-36-38-19-22-44(23-20-38)53(5,6)52(37-39-21-24-47(54-7)48(33-39)55-8)30-26-46(41-17-13-10-14-18-41)43-28-32-57-50(3,4)35-43/h9-24,33,42-43,45-46,51H,25-32,34-37H2,1-8H3/q+1. The first-order chi connectivity index (χ1) is 27.4. The normalized spacial score (nSPS) is 20.5. The molecule has 2 aliphatic heterocycles. The highest BCUT2D eigenvalue weighted by atomic mass is 16.5. The van der Waals surface area contributed by atoms with Gasteiger partial charge in [-0.05, 0) is 131 Å². The van der Waals surface area contributed by atoms with Crippen LogP contribution in [0, 0.1) is 11.8 Å². The van der Waals surface area contributed by atoms with Gasteiger partial charge in [-0.25, -0.2) is 4.59 Å². The molecule has 7 nitrogen and oxygen atoms in total. The predicted octanol–water partition coefficient (Wildman–Crippen LogP) is 10.5. The van der Waals surface area contributed by atoms with Crippen molar-refractivity contribution in [2.45, 2.75) is 102 Å². The van der Waals surface area contributed by atoms with Crippen molar-refractivity contribution >= 4 is 5.69 Å².